The average molecular weight is 429 g/mol. The van der Waals surface area contributed by atoms with E-state index in [2.05, 4.69) is 40.3 Å². The fourth-order valence-corrected chi connectivity index (χ4v) is 5.97. The summed E-state index contributed by atoms with van der Waals surface area (Å²) < 4.78 is 7.79. The van der Waals surface area contributed by atoms with E-state index in [1.807, 2.05) is 12.1 Å². The van der Waals surface area contributed by atoms with E-state index in [0.29, 0.717) is 0 Å². The average Bonchev–Trinajstić information content (AvgIpc) is 3.36. The van der Waals surface area contributed by atoms with E-state index in [9.17, 15) is 0 Å². The molecule has 0 unspecified atom stereocenters. The van der Waals surface area contributed by atoms with E-state index >= 15 is 0 Å². The number of hydrogen-bond donors (Lipinski definition) is 0. The van der Waals surface area contributed by atoms with Gasteiger partial charge in [0.1, 0.15) is 5.75 Å². The summed E-state index contributed by atoms with van der Waals surface area (Å²) in [5.74, 6) is 0.856. The summed E-state index contributed by atoms with van der Waals surface area (Å²) >= 11 is 5.32. The lowest BCUT2D eigenvalue weighted by Gasteiger charge is -2.34. The maximum absolute atomic E-state index is 5.32. The molecule has 0 bridgehead atoms. The van der Waals surface area contributed by atoms with Crippen LogP contribution in [0.15, 0.2) is 41.3 Å². The Morgan fingerprint density at radius 3 is 2.21 bits per heavy atom. The summed E-state index contributed by atoms with van der Waals surface area (Å²) in [6, 6.07) is 12.6. The van der Waals surface area contributed by atoms with Crippen LogP contribution in [0.1, 0.15) is 0 Å². The Bertz CT molecular complexity index is 1040. The SMILES string of the molecule is COc1ccc2sc(N3CCN(c4nc5ccc(SC)cc5s4)CC3)nc2c1. The van der Waals surface area contributed by atoms with Crippen LogP contribution < -0.4 is 14.5 Å². The third-order valence-corrected chi connectivity index (χ3v) is 7.89. The molecular weight excluding hydrogens is 408 g/mol. The normalized spacial score (nSPS) is 14.9. The van der Waals surface area contributed by atoms with Gasteiger partial charge in [-0.25, -0.2) is 9.97 Å². The molecule has 0 atom stereocenters. The molecule has 2 aromatic carbocycles. The third-order valence-electron chi connectivity index (χ3n) is 4.99. The number of thioether (sulfide) groups is 1. The second-order valence-electron chi connectivity index (χ2n) is 6.63. The van der Waals surface area contributed by atoms with Crippen LogP contribution in [0.3, 0.4) is 0 Å². The van der Waals surface area contributed by atoms with Crippen molar-refractivity contribution in [1.29, 1.82) is 0 Å². The van der Waals surface area contributed by atoms with Gasteiger partial charge in [0.05, 0.1) is 27.5 Å². The molecule has 3 heterocycles. The van der Waals surface area contributed by atoms with Crippen LogP contribution in [0.5, 0.6) is 5.75 Å². The monoisotopic (exact) mass is 428 g/mol. The number of benzene rings is 2. The molecule has 0 spiro atoms. The Morgan fingerprint density at radius 2 is 1.54 bits per heavy atom. The van der Waals surface area contributed by atoms with Crippen molar-refractivity contribution in [2.45, 2.75) is 4.90 Å². The number of fused-ring (bicyclic) bond motifs is 2. The number of nitrogens with zero attached hydrogens (tertiary/aromatic N) is 4. The first-order valence-corrected chi connectivity index (χ1v) is 12.0. The first-order chi connectivity index (χ1) is 13.7. The number of anilines is 2. The molecule has 144 valence electrons. The summed E-state index contributed by atoms with van der Waals surface area (Å²) in [6.45, 7) is 3.86. The molecule has 1 aliphatic heterocycles. The highest BCUT2D eigenvalue weighted by Gasteiger charge is 2.22. The first-order valence-electron chi connectivity index (χ1n) is 9.12. The molecule has 5 rings (SSSR count). The zero-order valence-electron chi connectivity index (χ0n) is 15.7. The van der Waals surface area contributed by atoms with Crippen LogP contribution in [0, 0.1) is 0 Å². The van der Waals surface area contributed by atoms with Crippen molar-refractivity contribution in [3.63, 3.8) is 0 Å². The second-order valence-corrected chi connectivity index (χ2v) is 9.53. The molecule has 0 radical (unpaired) electrons. The molecule has 0 aliphatic carbocycles. The fraction of sp³-hybridized carbons (Fsp3) is 0.300. The van der Waals surface area contributed by atoms with Gasteiger partial charge in [-0.1, -0.05) is 22.7 Å². The van der Waals surface area contributed by atoms with Crippen molar-refractivity contribution < 1.29 is 4.74 Å². The zero-order valence-corrected chi connectivity index (χ0v) is 18.2. The molecule has 1 fully saturated rings. The largest absolute Gasteiger partial charge is 0.497 e. The molecule has 0 amide bonds. The van der Waals surface area contributed by atoms with Gasteiger partial charge in [0.15, 0.2) is 10.3 Å². The summed E-state index contributed by atoms with van der Waals surface area (Å²) in [7, 11) is 1.69. The summed E-state index contributed by atoms with van der Waals surface area (Å²) in [5.41, 5.74) is 2.11. The Kier molecular flexibility index (Phi) is 4.78. The Hall–Kier alpha value is -2.03. The van der Waals surface area contributed by atoms with Gasteiger partial charge in [-0.05, 0) is 36.6 Å². The molecule has 8 heteroatoms. The second kappa shape index (κ2) is 7.42. The summed E-state index contributed by atoms with van der Waals surface area (Å²) in [4.78, 5) is 15.8. The number of rotatable bonds is 4. The smallest absolute Gasteiger partial charge is 0.186 e. The van der Waals surface area contributed by atoms with Gasteiger partial charge in [-0.15, -0.1) is 11.8 Å². The standard InChI is InChI=1S/C20H20N4OS3/c1-25-13-3-6-17-16(11-13)22-20(27-17)24-9-7-23(8-10-24)19-21-15-5-4-14(26-2)12-18(15)28-19/h3-6,11-12H,7-10H2,1-2H3. The van der Waals surface area contributed by atoms with Crippen LogP contribution in [0.2, 0.25) is 0 Å². The van der Waals surface area contributed by atoms with E-state index in [1.54, 1.807) is 41.5 Å². The van der Waals surface area contributed by atoms with Gasteiger partial charge < -0.3 is 14.5 Å². The van der Waals surface area contributed by atoms with Crippen LogP contribution in [0.25, 0.3) is 20.4 Å². The number of thiazole rings is 2. The highest BCUT2D eigenvalue weighted by atomic mass is 32.2. The van der Waals surface area contributed by atoms with Gasteiger partial charge >= 0.3 is 0 Å². The van der Waals surface area contributed by atoms with Crippen molar-refractivity contribution in [3.05, 3.63) is 36.4 Å². The Balaban J connectivity index is 1.32. The molecule has 1 aliphatic rings. The Morgan fingerprint density at radius 1 is 0.857 bits per heavy atom. The van der Waals surface area contributed by atoms with Crippen molar-refractivity contribution in [3.8, 4) is 5.75 Å². The predicted molar refractivity (Wildman–Crippen MR) is 122 cm³/mol. The topological polar surface area (TPSA) is 41.5 Å². The molecule has 4 aromatic rings. The summed E-state index contributed by atoms with van der Waals surface area (Å²) in [6.07, 6.45) is 2.11. The molecule has 0 saturated carbocycles. The predicted octanol–water partition coefficient (Wildman–Crippen LogP) is 4.96. The van der Waals surface area contributed by atoms with Gasteiger partial charge in [0.25, 0.3) is 0 Å². The lowest BCUT2D eigenvalue weighted by molar-refractivity contribution is 0.415. The highest BCUT2D eigenvalue weighted by Crippen LogP contribution is 2.34. The minimum atomic E-state index is 0.856. The minimum absolute atomic E-state index is 0.856. The van der Waals surface area contributed by atoms with E-state index in [0.717, 1.165) is 53.2 Å². The minimum Gasteiger partial charge on any atom is -0.497 e. The van der Waals surface area contributed by atoms with Gasteiger partial charge in [0.2, 0.25) is 0 Å². The number of hydrogen-bond acceptors (Lipinski definition) is 8. The van der Waals surface area contributed by atoms with Crippen LogP contribution >= 0.6 is 34.4 Å². The van der Waals surface area contributed by atoms with Crippen LogP contribution in [-0.2, 0) is 0 Å². The van der Waals surface area contributed by atoms with E-state index < -0.39 is 0 Å². The maximum Gasteiger partial charge on any atom is 0.186 e. The Labute approximate surface area is 176 Å². The fourth-order valence-electron chi connectivity index (χ4n) is 3.40. The van der Waals surface area contributed by atoms with E-state index in [1.165, 1.54) is 14.3 Å². The molecule has 0 N–H and O–H groups in total. The van der Waals surface area contributed by atoms with Gasteiger partial charge in [0, 0.05) is 37.1 Å². The van der Waals surface area contributed by atoms with Crippen LogP contribution in [0.4, 0.5) is 10.3 Å². The molecule has 2 aromatic heterocycles. The lowest BCUT2D eigenvalue weighted by atomic mass is 10.3. The first kappa shape index (κ1) is 18.0. The molecule has 5 nitrogen and oxygen atoms in total. The maximum atomic E-state index is 5.32. The van der Waals surface area contributed by atoms with Crippen molar-refractivity contribution >= 4 is 65.1 Å². The molecular formula is C20H20N4OS3. The van der Waals surface area contributed by atoms with Crippen molar-refractivity contribution in [2.24, 2.45) is 0 Å². The third kappa shape index (κ3) is 3.29. The zero-order chi connectivity index (χ0) is 19.1. The van der Waals surface area contributed by atoms with Gasteiger partial charge in [-0.2, -0.15) is 0 Å². The number of piperazine rings is 1. The van der Waals surface area contributed by atoms with E-state index in [4.69, 9.17) is 14.7 Å². The van der Waals surface area contributed by atoms with Crippen molar-refractivity contribution in [2.75, 3.05) is 49.3 Å². The number of methoxy groups -OCH3 is 1. The number of ether oxygens (including phenoxy) is 1. The molecule has 1 saturated heterocycles. The lowest BCUT2D eigenvalue weighted by Crippen LogP contribution is -2.46. The quantitative estimate of drug-likeness (QED) is 0.428. The molecule has 28 heavy (non-hydrogen) atoms. The highest BCUT2D eigenvalue weighted by molar-refractivity contribution is 7.98. The van der Waals surface area contributed by atoms with Crippen LogP contribution in [-0.4, -0.2) is 49.5 Å². The van der Waals surface area contributed by atoms with Gasteiger partial charge in [-0.3, -0.25) is 0 Å². The van der Waals surface area contributed by atoms with E-state index in [-0.39, 0.29) is 0 Å². The van der Waals surface area contributed by atoms with Crippen molar-refractivity contribution in [1.82, 2.24) is 9.97 Å². The summed E-state index contributed by atoms with van der Waals surface area (Å²) in [5, 5.41) is 2.22. The number of aromatic nitrogens is 2.